The average molecular weight is 459 g/mol. The van der Waals surface area contributed by atoms with Gasteiger partial charge < -0.3 is 15.3 Å². The first-order chi connectivity index (χ1) is 15.2. The summed E-state index contributed by atoms with van der Waals surface area (Å²) in [7, 11) is -0.775. The molecule has 0 radical (unpaired) electrons. The Morgan fingerprint density at radius 2 is 1.90 bits per heavy atom. The van der Waals surface area contributed by atoms with Crippen molar-refractivity contribution in [3.8, 4) is 0 Å². The van der Waals surface area contributed by atoms with Crippen LogP contribution in [0.25, 0.3) is 11.0 Å². The highest BCUT2D eigenvalue weighted by atomic mass is 32.2. The topological polar surface area (TPSA) is 104 Å². The maximum atomic E-state index is 11.8. The molecule has 1 aliphatic rings. The molecule has 0 spiro atoms. The Hall–Kier alpha value is -2.30. The van der Waals surface area contributed by atoms with Gasteiger partial charge in [-0.2, -0.15) is 4.98 Å². The molecule has 1 aliphatic heterocycles. The third-order valence-corrected chi connectivity index (χ3v) is 7.33. The third kappa shape index (κ3) is 5.69. The van der Waals surface area contributed by atoms with Crippen LogP contribution >= 0.6 is 11.8 Å². The van der Waals surface area contributed by atoms with Gasteiger partial charge in [-0.05, 0) is 24.2 Å². The summed E-state index contributed by atoms with van der Waals surface area (Å²) < 4.78 is 11.8. The SMILES string of the molecule is O=S1CCN(c2nc(NCCO)nc3c(SCCCc4ccccc4)ncnc23)CC1. The summed E-state index contributed by atoms with van der Waals surface area (Å²) in [6.07, 6.45) is 3.62. The molecule has 3 heterocycles. The molecule has 0 saturated carbocycles. The van der Waals surface area contributed by atoms with Crippen LogP contribution < -0.4 is 10.2 Å². The zero-order chi connectivity index (χ0) is 21.5. The van der Waals surface area contributed by atoms with Gasteiger partial charge in [-0.25, -0.2) is 15.0 Å². The van der Waals surface area contributed by atoms with Crippen molar-refractivity contribution in [3.63, 3.8) is 0 Å². The molecule has 164 valence electrons. The lowest BCUT2D eigenvalue weighted by Gasteiger charge is -2.28. The first-order valence-corrected chi connectivity index (χ1v) is 12.9. The Bertz CT molecular complexity index is 1030. The molecule has 3 aromatic rings. The smallest absolute Gasteiger partial charge is 0.225 e. The van der Waals surface area contributed by atoms with Gasteiger partial charge in [-0.15, -0.1) is 11.8 Å². The van der Waals surface area contributed by atoms with Crippen molar-refractivity contribution >= 4 is 45.4 Å². The maximum absolute atomic E-state index is 11.8. The molecule has 31 heavy (non-hydrogen) atoms. The van der Waals surface area contributed by atoms with Crippen molar-refractivity contribution in [2.75, 3.05) is 53.7 Å². The van der Waals surface area contributed by atoms with E-state index in [1.165, 1.54) is 5.56 Å². The Morgan fingerprint density at radius 3 is 2.68 bits per heavy atom. The molecule has 2 N–H and O–H groups in total. The van der Waals surface area contributed by atoms with E-state index in [9.17, 15) is 9.32 Å². The van der Waals surface area contributed by atoms with Crippen LogP contribution in [0.2, 0.25) is 0 Å². The first-order valence-electron chi connectivity index (χ1n) is 10.4. The number of thioether (sulfide) groups is 1. The highest BCUT2D eigenvalue weighted by Crippen LogP contribution is 2.30. The number of nitrogens with zero attached hydrogens (tertiary/aromatic N) is 5. The molecule has 1 aromatic carbocycles. The zero-order valence-electron chi connectivity index (χ0n) is 17.2. The molecular weight excluding hydrogens is 432 g/mol. The van der Waals surface area contributed by atoms with Crippen LogP contribution in [0.1, 0.15) is 12.0 Å². The second-order valence-electron chi connectivity index (χ2n) is 7.17. The highest BCUT2D eigenvalue weighted by Gasteiger charge is 2.22. The summed E-state index contributed by atoms with van der Waals surface area (Å²) in [6, 6.07) is 10.5. The van der Waals surface area contributed by atoms with Gasteiger partial charge >= 0.3 is 0 Å². The van der Waals surface area contributed by atoms with Gasteiger partial charge in [0, 0.05) is 41.9 Å². The van der Waals surface area contributed by atoms with Crippen molar-refractivity contribution in [1.82, 2.24) is 19.9 Å². The van der Waals surface area contributed by atoms with Gasteiger partial charge in [-0.1, -0.05) is 30.3 Å². The molecule has 8 nitrogen and oxygen atoms in total. The number of nitrogens with one attached hydrogen (secondary N) is 1. The summed E-state index contributed by atoms with van der Waals surface area (Å²) in [4.78, 5) is 20.4. The van der Waals surface area contributed by atoms with Crippen LogP contribution in [-0.2, 0) is 17.2 Å². The van der Waals surface area contributed by atoms with Crippen LogP contribution in [0.4, 0.5) is 11.8 Å². The fourth-order valence-corrected chi connectivity index (χ4v) is 5.36. The second-order valence-corrected chi connectivity index (χ2v) is 9.95. The van der Waals surface area contributed by atoms with Gasteiger partial charge in [0.15, 0.2) is 5.82 Å². The van der Waals surface area contributed by atoms with Gasteiger partial charge in [-0.3, -0.25) is 4.21 Å². The number of anilines is 2. The average Bonchev–Trinajstić information content (AvgIpc) is 2.81. The number of benzene rings is 1. The normalized spacial score (nSPS) is 14.8. The van der Waals surface area contributed by atoms with E-state index in [0.29, 0.717) is 48.1 Å². The lowest BCUT2D eigenvalue weighted by molar-refractivity contribution is 0.311. The largest absolute Gasteiger partial charge is 0.395 e. The third-order valence-electron chi connectivity index (χ3n) is 4.99. The Kier molecular flexibility index (Phi) is 7.66. The minimum Gasteiger partial charge on any atom is -0.395 e. The lowest BCUT2D eigenvalue weighted by atomic mass is 10.1. The highest BCUT2D eigenvalue weighted by molar-refractivity contribution is 7.99. The number of aliphatic hydroxyl groups is 1. The van der Waals surface area contributed by atoms with E-state index in [2.05, 4.69) is 54.4 Å². The Balaban J connectivity index is 1.56. The Morgan fingerprint density at radius 1 is 1.10 bits per heavy atom. The predicted octanol–water partition coefficient (Wildman–Crippen LogP) is 2.12. The minimum absolute atomic E-state index is 0.00813. The van der Waals surface area contributed by atoms with Crippen LogP contribution in [-0.4, -0.2) is 72.8 Å². The van der Waals surface area contributed by atoms with E-state index in [1.54, 1.807) is 18.1 Å². The van der Waals surface area contributed by atoms with Crippen molar-refractivity contribution in [2.24, 2.45) is 0 Å². The van der Waals surface area contributed by atoms with Crippen molar-refractivity contribution in [3.05, 3.63) is 42.2 Å². The fourth-order valence-electron chi connectivity index (χ4n) is 3.42. The molecule has 0 amide bonds. The molecule has 0 aliphatic carbocycles. The standard InChI is InChI=1S/C21H26N6O2S2/c28-11-8-22-21-25-18-17(19(26-21)27-9-13-31(29)14-10-27)23-15-24-20(18)30-12-4-7-16-5-2-1-3-6-16/h1-3,5-6,15,28H,4,7-14H2,(H,22,25,26). The minimum atomic E-state index is -0.775. The van der Waals surface area contributed by atoms with E-state index in [1.807, 2.05) is 6.07 Å². The maximum Gasteiger partial charge on any atom is 0.225 e. The van der Waals surface area contributed by atoms with Crippen LogP contribution in [0.5, 0.6) is 0 Å². The van der Waals surface area contributed by atoms with Crippen LogP contribution in [0.3, 0.4) is 0 Å². The summed E-state index contributed by atoms with van der Waals surface area (Å²) in [5, 5.41) is 13.1. The van der Waals surface area contributed by atoms with Gasteiger partial charge in [0.05, 0.1) is 6.61 Å². The van der Waals surface area contributed by atoms with Crippen molar-refractivity contribution in [2.45, 2.75) is 17.9 Å². The number of aliphatic hydroxyl groups excluding tert-OH is 1. The summed E-state index contributed by atoms with van der Waals surface area (Å²) in [5.41, 5.74) is 2.75. The zero-order valence-corrected chi connectivity index (χ0v) is 18.9. The molecule has 4 rings (SSSR count). The van der Waals surface area contributed by atoms with Gasteiger partial charge in [0.1, 0.15) is 22.4 Å². The van der Waals surface area contributed by atoms with Gasteiger partial charge in [0.2, 0.25) is 5.95 Å². The molecule has 1 saturated heterocycles. The number of rotatable bonds is 9. The van der Waals surface area contributed by atoms with E-state index in [0.717, 1.165) is 29.4 Å². The molecule has 0 bridgehead atoms. The molecular formula is C21H26N6O2S2. The fraction of sp³-hybridized carbons (Fsp3) is 0.429. The van der Waals surface area contributed by atoms with E-state index in [-0.39, 0.29) is 6.61 Å². The first kappa shape index (κ1) is 21.9. The Labute approximate surface area is 188 Å². The molecule has 2 aromatic heterocycles. The molecule has 0 atom stereocenters. The molecule has 1 fully saturated rings. The number of aromatic nitrogens is 4. The van der Waals surface area contributed by atoms with Crippen molar-refractivity contribution in [1.29, 1.82) is 0 Å². The number of fused-ring (bicyclic) bond motifs is 1. The molecule has 0 unspecified atom stereocenters. The summed E-state index contributed by atoms with van der Waals surface area (Å²) in [6.45, 7) is 1.69. The summed E-state index contributed by atoms with van der Waals surface area (Å²) in [5.74, 6) is 3.34. The predicted molar refractivity (Wildman–Crippen MR) is 126 cm³/mol. The number of hydrogen-bond acceptors (Lipinski definition) is 9. The quantitative estimate of drug-likeness (QED) is 0.283. The second kappa shape index (κ2) is 10.8. The van der Waals surface area contributed by atoms with Crippen LogP contribution in [0.15, 0.2) is 41.7 Å². The number of aryl methyl sites for hydroxylation is 1. The van der Waals surface area contributed by atoms with E-state index in [4.69, 9.17) is 0 Å². The number of hydrogen-bond donors (Lipinski definition) is 2. The summed E-state index contributed by atoms with van der Waals surface area (Å²) >= 11 is 1.67. The molecule has 10 heteroatoms. The monoisotopic (exact) mass is 458 g/mol. The van der Waals surface area contributed by atoms with Gasteiger partial charge in [0.25, 0.3) is 0 Å². The van der Waals surface area contributed by atoms with E-state index < -0.39 is 10.8 Å². The lowest BCUT2D eigenvalue weighted by Crippen LogP contribution is -2.38. The van der Waals surface area contributed by atoms with E-state index >= 15 is 0 Å². The van der Waals surface area contributed by atoms with Crippen LogP contribution in [0, 0.1) is 0 Å². The van der Waals surface area contributed by atoms with Crippen molar-refractivity contribution < 1.29 is 9.32 Å².